The standard InChI is InChI=1S/C25H29F3N4O4/c1-30-11-4-9-21(30)16-32(17-22-10-5-14-36-22)23(33)18-31(12-6-13-35-2)24(34)29-20-8-3-7-19(15-20)25(26,27)28/h3-5,7-11,14-15H,6,12-13,16-18H2,1-2H3,(H,29,34). The van der Waals surface area contributed by atoms with Crippen molar-refractivity contribution in [2.45, 2.75) is 25.7 Å². The number of anilines is 1. The van der Waals surface area contributed by atoms with Crippen LogP contribution in [-0.4, -0.2) is 53.1 Å². The molecule has 0 saturated heterocycles. The van der Waals surface area contributed by atoms with Gasteiger partial charge in [0.05, 0.1) is 24.9 Å². The number of methoxy groups -OCH3 is 1. The summed E-state index contributed by atoms with van der Waals surface area (Å²) < 4.78 is 51.6. The van der Waals surface area contributed by atoms with Gasteiger partial charge in [0.1, 0.15) is 12.3 Å². The molecule has 0 aliphatic carbocycles. The van der Waals surface area contributed by atoms with E-state index in [4.69, 9.17) is 9.15 Å². The zero-order chi connectivity index (χ0) is 26.1. The number of furan rings is 1. The van der Waals surface area contributed by atoms with Gasteiger partial charge in [0.15, 0.2) is 0 Å². The largest absolute Gasteiger partial charge is 0.467 e. The van der Waals surface area contributed by atoms with Crippen LogP contribution in [0.5, 0.6) is 0 Å². The highest BCUT2D eigenvalue weighted by Gasteiger charge is 2.31. The molecule has 194 valence electrons. The maximum atomic E-state index is 13.4. The number of carbonyl (C=O) groups is 2. The number of amides is 3. The Labute approximate surface area is 207 Å². The minimum atomic E-state index is -4.54. The fourth-order valence-electron chi connectivity index (χ4n) is 3.57. The molecule has 1 aromatic carbocycles. The van der Waals surface area contributed by atoms with Crippen LogP contribution in [0.2, 0.25) is 0 Å². The highest BCUT2D eigenvalue weighted by atomic mass is 19.4. The van der Waals surface area contributed by atoms with Gasteiger partial charge in [-0.2, -0.15) is 13.2 Å². The van der Waals surface area contributed by atoms with E-state index in [0.717, 1.165) is 17.8 Å². The minimum absolute atomic E-state index is 0.0183. The van der Waals surface area contributed by atoms with Gasteiger partial charge < -0.3 is 28.8 Å². The van der Waals surface area contributed by atoms with E-state index < -0.39 is 17.8 Å². The van der Waals surface area contributed by atoms with Crippen LogP contribution >= 0.6 is 0 Å². The first-order chi connectivity index (χ1) is 17.2. The van der Waals surface area contributed by atoms with Gasteiger partial charge in [-0.05, 0) is 48.9 Å². The van der Waals surface area contributed by atoms with Crippen LogP contribution in [0.25, 0.3) is 0 Å². The second kappa shape index (κ2) is 12.3. The summed E-state index contributed by atoms with van der Waals surface area (Å²) in [6, 6.07) is 10.9. The lowest BCUT2D eigenvalue weighted by Gasteiger charge is -2.27. The number of nitrogens with zero attached hydrogens (tertiary/aromatic N) is 3. The number of ether oxygens (including phenoxy) is 1. The van der Waals surface area contributed by atoms with Crippen molar-refractivity contribution in [1.29, 1.82) is 0 Å². The molecule has 36 heavy (non-hydrogen) atoms. The van der Waals surface area contributed by atoms with E-state index >= 15 is 0 Å². The maximum Gasteiger partial charge on any atom is 0.416 e. The van der Waals surface area contributed by atoms with Gasteiger partial charge in [0.25, 0.3) is 0 Å². The molecule has 11 heteroatoms. The smallest absolute Gasteiger partial charge is 0.416 e. The van der Waals surface area contributed by atoms with Gasteiger partial charge in [-0.15, -0.1) is 0 Å². The molecule has 3 amide bonds. The molecule has 0 radical (unpaired) electrons. The number of hydrogen-bond acceptors (Lipinski definition) is 4. The van der Waals surface area contributed by atoms with Crippen molar-refractivity contribution in [3.8, 4) is 0 Å². The summed E-state index contributed by atoms with van der Waals surface area (Å²) in [7, 11) is 3.38. The average molecular weight is 507 g/mol. The number of halogens is 3. The normalized spacial score (nSPS) is 11.4. The third-order valence-corrected chi connectivity index (χ3v) is 5.51. The number of rotatable bonds is 11. The van der Waals surface area contributed by atoms with Crippen LogP contribution in [-0.2, 0) is 35.8 Å². The second-order valence-electron chi connectivity index (χ2n) is 8.22. The fraction of sp³-hybridized carbons (Fsp3) is 0.360. The molecule has 3 rings (SSSR count). The lowest BCUT2D eigenvalue weighted by atomic mass is 10.2. The van der Waals surface area contributed by atoms with E-state index in [2.05, 4.69) is 5.32 Å². The Morgan fingerprint density at radius 3 is 2.53 bits per heavy atom. The van der Waals surface area contributed by atoms with Crippen molar-refractivity contribution in [3.05, 3.63) is 78.0 Å². The number of aryl methyl sites for hydroxylation is 1. The highest BCUT2D eigenvalue weighted by molar-refractivity contribution is 5.92. The first-order valence-corrected chi connectivity index (χ1v) is 11.3. The van der Waals surface area contributed by atoms with Crippen LogP contribution in [0.1, 0.15) is 23.4 Å². The fourth-order valence-corrected chi connectivity index (χ4v) is 3.57. The number of benzene rings is 1. The predicted octanol–water partition coefficient (Wildman–Crippen LogP) is 4.74. The summed E-state index contributed by atoms with van der Waals surface area (Å²) in [6.45, 7) is 0.714. The lowest BCUT2D eigenvalue weighted by molar-refractivity contribution is -0.137. The molecule has 0 unspecified atom stereocenters. The molecule has 1 N–H and O–H groups in total. The van der Waals surface area contributed by atoms with Crippen LogP contribution in [0.3, 0.4) is 0 Å². The number of carbonyl (C=O) groups excluding carboxylic acids is 2. The summed E-state index contributed by atoms with van der Waals surface area (Å²) in [6.07, 6.45) is -0.724. The summed E-state index contributed by atoms with van der Waals surface area (Å²) in [4.78, 5) is 29.2. The molecule has 0 aliphatic heterocycles. The monoisotopic (exact) mass is 506 g/mol. The number of urea groups is 1. The van der Waals surface area contributed by atoms with E-state index in [1.54, 1.807) is 17.0 Å². The predicted molar refractivity (Wildman–Crippen MR) is 127 cm³/mol. The molecule has 0 bridgehead atoms. The van der Waals surface area contributed by atoms with Crippen LogP contribution < -0.4 is 5.32 Å². The topological polar surface area (TPSA) is 80.0 Å². The van der Waals surface area contributed by atoms with Crippen LogP contribution in [0.15, 0.2) is 65.4 Å². The summed E-state index contributed by atoms with van der Waals surface area (Å²) in [5.74, 6) is 0.237. The van der Waals surface area contributed by atoms with Gasteiger partial charge in [-0.1, -0.05) is 6.07 Å². The zero-order valence-electron chi connectivity index (χ0n) is 20.1. The Hall–Kier alpha value is -3.73. The van der Waals surface area contributed by atoms with E-state index in [-0.39, 0.29) is 37.8 Å². The lowest BCUT2D eigenvalue weighted by Crippen LogP contribution is -2.44. The molecule has 8 nitrogen and oxygen atoms in total. The van der Waals surface area contributed by atoms with E-state index in [1.807, 2.05) is 29.9 Å². The number of hydrogen-bond donors (Lipinski definition) is 1. The molecular formula is C25H29F3N4O4. The first kappa shape index (κ1) is 26.9. The van der Waals surface area contributed by atoms with E-state index in [9.17, 15) is 22.8 Å². The maximum absolute atomic E-state index is 13.4. The Morgan fingerprint density at radius 2 is 1.89 bits per heavy atom. The van der Waals surface area contributed by atoms with E-state index in [1.165, 1.54) is 30.4 Å². The Bertz CT molecular complexity index is 1130. The highest BCUT2D eigenvalue weighted by Crippen LogP contribution is 2.30. The van der Waals surface area contributed by atoms with Gasteiger partial charge in [-0.25, -0.2) is 4.79 Å². The number of aromatic nitrogens is 1. The third-order valence-electron chi connectivity index (χ3n) is 5.51. The Kier molecular flexibility index (Phi) is 9.18. The van der Waals surface area contributed by atoms with E-state index in [0.29, 0.717) is 18.8 Å². The van der Waals surface area contributed by atoms with Gasteiger partial charge in [0, 0.05) is 44.9 Å². The van der Waals surface area contributed by atoms with Crippen molar-refractivity contribution < 1.29 is 31.9 Å². The van der Waals surface area contributed by atoms with Crippen molar-refractivity contribution in [2.75, 3.05) is 32.1 Å². The number of alkyl halides is 3. The Morgan fingerprint density at radius 1 is 1.08 bits per heavy atom. The summed E-state index contributed by atoms with van der Waals surface area (Å²) in [5.41, 5.74) is -0.0148. The third kappa shape index (κ3) is 7.64. The van der Waals surface area contributed by atoms with Crippen molar-refractivity contribution in [3.63, 3.8) is 0 Å². The van der Waals surface area contributed by atoms with Crippen LogP contribution in [0.4, 0.5) is 23.7 Å². The Balaban J connectivity index is 1.76. The summed E-state index contributed by atoms with van der Waals surface area (Å²) >= 11 is 0. The van der Waals surface area contributed by atoms with Crippen molar-refractivity contribution >= 4 is 17.6 Å². The molecule has 0 fully saturated rings. The molecule has 2 aromatic heterocycles. The molecule has 0 saturated carbocycles. The van der Waals surface area contributed by atoms with Gasteiger partial charge in [-0.3, -0.25) is 4.79 Å². The van der Waals surface area contributed by atoms with Crippen LogP contribution in [0, 0.1) is 0 Å². The average Bonchev–Trinajstić information content (AvgIpc) is 3.49. The SMILES string of the molecule is COCCCN(CC(=O)N(Cc1ccco1)Cc1cccn1C)C(=O)Nc1cccc(C(F)(F)F)c1. The van der Waals surface area contributed by atoms with Gasteiger partial charge in [0.2, 0.25) is 5.91 Å². The minimum Gasteiger partial charge on any atom is -0.467 e. The zero-order valence-corrected chi connectivity index (χ0v) is 20.1. The summed E-state index contributed by atoms with van der Waals surface area (Å²) in [5, 5.41) is 2.48. The molecule has 0 aliphatic rings. The molecule has 2 heterocycles. The molecule has 0 spiro atoms. The molecule has 3 aromatic rings. The van der Waals surface area contributed by atoms with Crippen molar-refractivity contribution in [1.82, 2.24) is 14.4 Å². The molecule has 0 atom stereocenters. The van der Waals surface area contributed by atoms with Gasteiger partial charge >= 0.3 is 12.2 Å². The molecular weight excluding hydrogens is 477 g/mol. The number of nitrogens with one attached hydrogen (secondary N) is 1. The van der Waals surface area contributed by atoms with Crippen molar-refractivity contribution in [2.24, 2.45) is 7.05 Å². The first-order valence-electron chi connectivity index (χ1n) is 11.3. The quantitative estimate of drug-likeness (QED) is 0.381. The second-order valence-corrected chi connectivity index (χ2v) is 8.22.